The molecule has 0 aliphatic rings. The van der Waals surface area contributed by atoms with Crippen molar-refractivity contribution >= 4 is 23.6 Å². The normalized spacial score (nSPS) is 9.40. The highest BCUT2D eigenvalue weighted by Gasteiger charge is 2.07. The quantitative estimate of drug-likeness (QED) is 0.601. The molecule has 0 atom stereocenters. The van der Waals surface area contributed by atoms with Crippen molar-refractivity contribution in [3.05, 3.63) is 23.8 Å². The Morgan fingerprint density at radius 3 is 1.80 bits per heavy atom. The maximum atomic E-state index is 10.4. The second kappa shape index (κ2) is 4.32. The van der Waals surface area contributed by atoms with E-state index in [-0.39, 0.29) is 0 Å². The number of carbonyl (C=O) groups is 2. The Bertz CT molecular complexity index is 369. The first-order valence-electron chi connectivity index (χ1n) is 4.10. The van der Waals surface area contributed by atoms with Crippen LogP contribution in [0.15, 0.2) is 18.2 Å². The van der Waals surface area contributed by atoms with Crippen LogP contribution in [0.1, 0.15) is 5.56 Å². The van der Waals surface area contributed by atoms with Crippen molar-refractivity contribution in [3.8, 4) is 0 Å². The van der Waals surface area contributed by atoms with Gasteiger partial charge in [0.05, 0.1) is 0 Å². The number of nitrogens with one attached hydrogen (secondary N) is 2. The molecule has 0 spiro atoms. The van der Waals surface area contributed by atoms with Crippen molar-refractivity contribution < 1.29 is 19.8 Å². The predicted molar refractivity (Wildman–Crippen MR) is 54.5 cm³/mol. The van der Waals surface area contributed by atoms with Crippen LogP contribution >= 0.6 is 0 Å². The van der Waals surface area contributed by atoms with E-state index in [9.17, 15) is 9.59 Å². The summed E-state index contributed by atoms with van der Waals surface area (Å²) >= 11 is 0. The molecule has 0 aliphatic heterocycles. The summed E-state index contributed by atoms with van der Waals surface area (Å²) in [7, 11) is 0. The molecule has 80 valence electrons. The Hall–Kier alpha value is -2.24. The Morgan fingerprint density at radius 1 is 1.07 bits per heavy atom. The zero-order chi connectivity index (χ0) is 11.4. The summed E-state index contributed by atoms with van der Waals surface area (Å²) in [5, 5.41) is 21.4. The Kier molecular flexibility index (Phi) is 3.12. The van der Waals surface area contributed by atoms with Crippen molar-refractivity contribution in [2.75, 3.05) is 10.6 Å². The van der Waals surface area contributed by atoms with E-state index in [2.05, 4.69) is 10.6 Å². The monoisotopic (exact) mass is 210 g/mol. The molecule has 0 aliphatic carbocycles. The summed E-state index contributed by atoms with van der Waals surface area (Å²) in [4.78, 5) is 20.8. The summed E-state index contributed by atoms with van der Waals surface area (Å²) in [5.74, 6) is 0. The van der Waals surface area contributed by atoms with E-state index in [0.29, 0.717) is 16.9 Å². The molecule has 0 aromatic heterocycles. The van der Waals surface area contributed by atoms with Crippen LogP contribution < -0.4 is 10.6 Å². The summed E-state index contributed by atoms with van der Waals surface area (Å²) in [6.45, 7) is 1.62. The molecule has 1 aromatic carbocycles. The third kappa shape index (κ3) is 2.87. The van der Waals surface area contributed by atoms with Gasteiger partial charge in [-0.25, -0.2) is 9.59 Å². The summed E-state index contributed by atoms with van der Waals surface area (Å²) in [5.41, 5.74) is 1.24. The molecule has 6 heteroatoms. The average Bonchev–Trinajstić information content (AvgIpc) is 2.10. The van der Waals surface area contributed by atoms with Crippen LogP contribution in [0.2, 0.25) is 0 Å². The van der Waals surface area contributed by atoms with E-state index in [4.69, 9.17) is 10.2 Å². The highest BCUT2D eigenvalue weighted by molar-refractivity contribution is 5.89. The average molecular weight is 210 g/mol. The number of hydrogen-bond donors (Lipinski definition) is 4. The van der Waals surface area contributed by atoms with Crippen molar-refractivity contribution in [1.82, 2.24) is 0 Å². The molecule has 15 heavy (non-hydrogen) atoms. The molecule has 0 unspecified atom stereocenters. The van der Waals surface area contributed by atoms with Gasteiger partial charge in [0.2, 0.25) is 0 Å². The number of hydrogen-bond acceptors (Lipinski definition) is 2. The SMILES string of the molecule is Cc1c(NC(=O)O)cccc1NC(=O)O. The highest BCUT2D eigenvalue weighted by Crippen LogP contribution is 2.22. The smallest absolute Gasteiger partial charge is 0.409 e. The van der Waals surface area contributed by atoms with E-state index in [1.165, 1.54) is 0 Å². The van der Waals surface area contributed by atoms with Gasteiger partial charge in [0.25, 0.3) is 0 Å². The summed E-state index contributed by atoms with van der Waals surface area (Å²) in [6, 6.07) is 4.66. The molecule has 0 heterocycles. The molecule has 6 nitrogen and oxygen atoms in total. The molecule has 0 radical (unpaired) electrons. The first-order valence-corrected chi connectivity index (χ1v) is 4.10. The largest absolute Gasteiger partial charge is 0.465 e. The Balaban J connectivity index is 2.99. The standard InChI is InChI=1S/C9H10N2O4/c1-5-6(10-8(12)13)3-2-4-7(5)11-9(14)15/h2-4,10-11H,1H3,(H,12,13)(H,14,15). The maximum absolute atomic E-state index is 10.4. The van der Waals surface area contributed by atoms with Gasteiger partial charge in [-0.3, -0.25) is 10.6 Å². The van der Waals surface area contributed by atoms with E-state index in [1.54, 1.807) is 25.1 Å². The molecule has 1 rings (SSSR count). The predicted octanol–water partition coefficient (Wildman–Crippen LogP) is 2.17. The second-order valence-corrected chi connectivity index (χ2v) is 2.84. The first kappa shape index (κ1) is 10.8. The summed E-state index contributed by atoms with van der Waals surface area (Å²) < 4.78 is 0. The Morgan fingerprint density at radius 2 is 1.47 bits per heavy atom. The molecule has 0 bridgehead atoms. The minimum Gasteiger partial charge on any atom is -0.465 e. The van der Waals surface area contributed by atoms with Crippen LogP contribution in [0.3, 0.4) is 0 Å². The topological polar surface area (TPSA) is 98.7 Å². The third-order valence-corrected chi connectivity index (χ3v) is 1.82. The lowest BCUT2D eigenvalue weighted by molar-refractivity contribution is 0.208. The lowest BCUT2D eigenvalue weighted by atomic mass is 10.1. The van der Waals surface area contributed by atoms with Gasteiger partial charge in [-0.2, -0.15) is 0 Å². The number of carboxylic acid groups (broad SMARTS) is 2. The zero-order valence-corrected chi connectivity index (χ0v) is 7.94. The first-order chi connectivity index (χ1) is 7.00. The molecular formula is C9H10N2O4. The Labute approximate surface area is 85.5 Å². The van der Waals surface area contributed by atoms with E-state index >= 15 is 0 Å². The van der Waals surface area contributed by atoms with Crippen molar-refractivity contribution in [2.24, 2.45) is 0 Å². The van der Waals surface area contributed by atoms with Gasteiger partial charge in [0.1, 0.15) is 0 Å². The molecule has 0 saturated carbocycles. The minimum atomic E-state index is -1.19. The fourth-order valence-corrected chi connectivity index (χ4v) is 1.14. The number of anilines is 2. The van der Waals surface area contributed by atoms with E-state index in [0.717, 1.165) is 0 Å². The van der Waals surface area contributed by atoms with Crippen LogP contribution in [0.5, 0.6) is 0 Å². The van der Waals surface area contributed by atoms with Gasteiger partial charge in [0, 0.05) is 11.4 Å². The van der Waals surface area contributed by atoms with Crippen molar-refractivity contribution in [2.45, 2.75) is 6.92 Å². The van der Waals surface area contributed by atoms with E-state index in [1.807, 2.05) is 0 Å². The fourth-order valence-electron chi connectivity index (χ4n) is 1.14. The van der Waals surface area contributed by atoms with Crippen LogP contribution in [-0.2, 0) is 0 Å². The van der Waals surface area contributed by atoms with Crippen LogP contribution in [-0.4, -0.2) is 22.4 Å². The summed E-state index contributed by atoms with van der Waals surface area (Å²) in [6.07, 6.45) is -2.38. The van der Waals surface area contributed by atoms with Gasteiger partial charge in [0.15, 0.2) is 0 Å². The van der Waals surface area contributed by atoms with Gasteiger partial charge < -0.3 is 10.2 Å². The van der Waals surface area contributed by atoms with Gasteiger partial charge in [-0.1, -0.05) is 6.07 Å². The number of amides is 2. The lowest BCUT2D eigenvalue weighted by Crippen LogP contribution is -2.12. The molecular weight excluding hydrogens is 200 g/mol. The van der Waals surface area contributed by atoms with Crippen LogP contribution in [0.25, 0.3) is 0 Å². The maximum Gasteiger partial charge on any atom is 0.409 e. The van der Waals surface area contributed by atoms with Gasteiger partial charge in [-0.15, -0.1) is 0 Å². The molecule has 1 aromatic rings. The second-order valence-electron chi connectivity index (χ2n) is 2.84. The van der Waals surface area contributed by atoms with Crippen LogP contribution in [0, 0.1) is 6.92 Å². The molecule has 0 fully saturated rings. The zero-order valence-electron chi connectivity index (χ0n) is 7.94. The lowest BCUT2D eigenvalue weighted by Gasteiger charge is -2.09. The van der Waals surface area contributed by atoms with Gasteiger partial charge in [-0.05, 0) is 24.6 Å². The van der Waals surface area contributed by atoms with Crippen molar-refractivity contribution in [1.29, 1.82) is 0 Å². The molecule has 4 N–H and O–H groups in total. The minimum absolute atomic E-state index is 0.355. The third-order valence-electron chi connectivity index (χ3n) is 1.82. The van der Waals surface area contributed by atoms with Gasteiger partial charge >= 0.3 is 12.2 Å². The van der Waals surface area contributed by atoms with Crippen molar-refractivity contribution in [3.63, 3.8) is 0 Å². The number of rotatable bonds is 2. The highest BCUT2D eigenvalue weighted by atomic mass is 16.4. The molecule has 0 saturated heterocycles. The molecule has 2 amide bonds. The fraction of sp³-hybridized carbons (Fsp3) is 0.111. The van der Waals surface area contributed by atoms with Crippen LogP contribution in [0.4, 0.5) is 21.0 Å². The number of benzene rings is 1. The van der Waals surface area contributed by atoms with E-state index < -0.39 is 12.2 Å².